The molecule has 0 atom stereocenters. The molecule has 0 aliphatic carbocycles. The lowest BCUT2D eigenvalue weighted by molar-refractivity contribution is 0.474. The third kappa shape index (κ3) is 1.42. The zero-order chi connectivity index (χ0) is 9.42. The second-order valence-corrected chi connectivity index (χ2v) is 2.99. The van der Waals surface area contributed by atoms with Crippen molar-refractivity contribution in [1.29, 1.82) is 0 Å². The van der Waals surface area contributed by atoms with Crippen LogP contribution in [0.2, 0.25) is 5.15 Å². The third-order valence-corrected chi connectivity index (χ3v) is 1.99. The first kappa shape index (κ1) is 8.26. The molecular weight excluding hydrogens is 193 g/mol. The van der Waals surface area contributed by atoms with Crippen molar-refractivity contribution in [2.45, 2.75) is 0 Å². The standard InChI is InChI=1S/C9H5ClFNO/c10-9-8(13)3-5-1-2-6(11)4-7(5)12-9/h1-4,13H. The summed E-state index contributed by atoms with van der Waals surface area (Å²) in [4.78, 5) is 3.81. The van der Waals surface area contributed by atoms with E-state index in [1.54, 1.807) is 0 Å². The molecule has 0 amide bonds. The molecule has 0 bridgehead atoms. The smallest absolute Gasteiger partial charge is 0.171 e. The molecule has 0 spiro atoms. The number of nitrogens with zero attached hydrogens (tertiary/aromatic N) is 1. The molecule has 0 fully saturated rings. The summed E-state index contributed by atoms with van der Waals surface area (Å²) in [6, 6.07) is 5.55. The van der Waals surface area contributed by atoms with Crippen LogP contribution in [0.1, 0.15) is 0 Å². The lowest BCUT2D eigenvalue weighted by atomic mass is 10.2. The molecule has 13 heavy (non-hydrogen) atoms. The van der Waals surface area contributed by atoms with Gasteiger partial charge in [-0.25, -0.2) is 9.37 Å². The van der Waals surface area contributed by atoms with Gasteiger partial charge in [-0.1, -0.05) is 11.6 Å². The number of rotatable bonds is 0. The van der Waals surface area contributed by atoms with Crippen molar-refractivity contribution in [3.63, 3.8) is 0 Å². The fourth-order valence-electron chi connectivity index (χ4n) is 1.11. The van der Waals surface area contributed by atoms with Gasteiger partial charge in [0.25, 0.3) is 0 Å². The van der Waals surface area contributed by atoms with Crippen LogP contribution < -0.4 is 0 Å². The number of aromatic hydroxyl groups is 1. The van der Waals surface area contributed by atoms with Gasteiger partial charge in [-0.05, 0) is 18.2 Å². The van der Waals surface area contributed by atoms with Gasteiger partial charge in [-0.3, -0.25) is 0 Å². The van der Waals surface area contributed by atoms with Gasteiger partial charge in [-0.15, -0.1) is 0 Å². The van der Waals surface area contributed by atoms with Crippen molar-refractivity contribution in [3.8, 4) is 5.75 Å². The number of hydrogen-bond donors (Lipinski definition) is 1. The van der Waals surface area contributed by atoms with Gasteiger partial charge in [0.1, 0.15) is 5.82 Å². The third-order valence-electron chi connectivity index (χ3n) is 1.71. The van der Waals surface area contributed by atoms with E-state index in [1.165, 1.54) is 24.3 Å². The highest BCUT2D eigenvalue weighted by Gasteiger charge is 2.03. The van der Waals surface area contributed by atoms with Crippen LogP contribution in [0.15, 0.2) is 24.3 Å². The highest BCUT2D eigenvalue weighted by molar-refractivity contribution is 6.31. The molecule has 1 aromatic heterocycles. The second-order valence-electron chi connectivity index (χ2n) is 2.64. The van der Waals surface area contributed by atoms with Crippen LogP contribution in [0.4, 0.5) is 4.39 Å². The molecule has 1 N–H and O–H groups in total. The van der Waals surface area contributed by atoms with Crippen LogP contribution in [0, 0.1) is 5.82 Å². The Bertz CT molecular complexity index is 472. The largest absolute Gasteiger partial charge is 0.505 e. The van der Waals surface area contributed by atoms with E-state index in [4.69, 9.17) is 11.6 Å². The van der Waals surface area contributed by atoms with E-state index in [1.807, 2.05) is 0 Å². The first-order valence-corrected chi connectivity index (χ1v) is 3.99. The summed E-state index contributed by atoms with van der Waals surface area (Å²) in [7, 11) is 0. The Balaban J connectivity index is 2.81. The zero-order valence-electron chi connectivity index (χ0n) is 6.46. The van der Waals surface area contributed by atoms with Gasteiger partial charge in [0.05, 0.1) is 5.52 Å². The Kier molecular flexibility index (Phi) is 1.81. The maximum Gasteiger partial charge on any atom is 0.171 e. The SMILES string of the molecule is Oc1cc2ccc(F)cc2nc1Cl. The van der Waals surface area contributed by atoms with Crippen molar-refractivity contribution in [3.05, 3.63) is 35.2 Å². The van der Waals surface area contributed by atoms with Gasteiger partial charge in [0.15, 0.2) is 10.9 Å². The second kappa shape index (κ2) is 2.85. The van der Waals surface area contributed by atoms with E-state index in [-0.39, 0.29) is 16.7 Å². The minimum absolute atomic E-state index is 0.0156. The van der Waals surface area contributed by atoms with Crippen molar-refractivity contribution < 1.29 is 9.50 Å². The highest BCUT2D eigenvalue weighted by Crippen LogP contribution is 2.25. The van der Waals surface area contributed by atoms with Crippen LogP contribution in [0.5, 0.6) is 5.75 Å². The molecule has 0 saturated carbocycles. The molecule has 1 heterocycles. The molecule has 0 saturated heterocycles. The van der Waals surface area contributed by atoms with Crippen LogP contribution in [0.3, 0.4) is 0 Å². The van der Waals surface area contributed by atoms with Crippen LogP contribution >= 0.6 is 11.6 Å². The topological polar surface area (TPSA) is 33.1 Å². The molecule has 4 heteroatoms. The quantitative estimate of drug-likeness (QED) is 0.659. The highest BCUT2D eigenvalue weighted by atomic mass is 35.5. The molecule has 0 unspecified atom stereocenters. The van der Waals surface area contributed by atoms with Gasteiger partial charge < -0.3 is 5.11 Å². The fraction of sp³-hybridized carbons (Fsp3) is 0. The minimum atomic E-state index is -0.373. The lowest BCUT2D eigenvalue weighted by Crippen LogP contribution is -1.82. The Hall–Kier alpha value is -1.35. The van der Waals surface area contributed by atoms with Crippen molar-refractivity contribution in [1.82, 2.24) is 4.98 Å². The van der Waals surface area contributed by atoms with E-state index in [2.05, 4.69) is 4.98 Å². The summed E-state index contributed by atoms with van der Waals surface area (Å²) >= 11 is 5.56. The summed E-state index contributed by atoms with van der Waals surface area (Å²) in [5.41, 5.74) is 0.433. The molecule has 0 aliphatic heterocycles. The van der Waals surface area contributed by atoms with E-state index < -0.39 is 0 Å². The maximum absolute atomic E-state index is 12.7. The molecule has 2 aromatic rings. The van der Waals surface area contributed by atoms with Crippen molar-refractivity contribution >= 4 is 22.5 Å². The molecule has 0 radical (unpaired) electrons. The zero-order valence-corrected chi connectivity index (χ0v) is 7.22. The van der Waals surface area contributed by atoms with Crippen LogP contribution in [-0.2, 0) is 0 Å². The molecule has 66 valence electrons. The minimum Gasteiger partial charge on any atom is -0.505 e. The summed E-state index contributed by atoms with van der Waals surface area (Å²) < 4.78 is 12.7. The molecule has 2 nitrogen and oxygen atoms in total. The fourth-order valence-corrected chi connectivity index (χ4v) is 1.25. The van der Waals surface area contributed by atoms with Gasteiger partial charge in [0.2, 0.25) is 0 Å². The number of pyridine rings is 1. The summed E-state index contributed by atoms with van der Waals surface area (Å²) in [5.74, 6) is -0.470. The van der Waals surface area contributed by atoms with E-state index >= 15 is 0 Å². The predicted molar refractivity (Wildman–Crippen MR) is 48.4 cm³/mol. The molecule has 2 rings (SSSR count). The number of fused-ring (bicyclic) bond motifs is 1. The number of hydrogen-bond acceptors (Lipinski definition) is 2. The van der Waals surface area contributed by atoms with Crippen molar-refractivity contribution in [2.75, 3.05) is 0 Å². The van der Waals surface area contributed by atoms with E-state index in [0.717, 1.165) is 0 Å². The monoisotopic (exact) mass is 197 g/mol. The molecule has 0 aliphatic rings. The van der Waals surface area contributed by atoms with Crippen molar-refractivity contribution in [2.24, 2.45) is 0 Å². The van der Waals surface area contributed by atoms with Gasteiger partial charge in [-0.2, -0.15) is 0 Å². The van der Waals surface area contributed by atoms with Gasteiger partial charge >= 0.3 is 0 Å². The van der Waals surface area contributed by atoms with E-state index in [9.17, 15) is 9.50 Å². The Morgan fingerprint density at radius 2 is 2.08 bits per heavy atom. The first-order chi connectivity index (χ1) is 6.16. The number of aromatic nitrogens is 1. The Morgan fingerprint density at radius 1 is 1.31 bits per heavy atom. The molecular formula is C9H5ClFNO. The lowest BCUT2D eigenvalue weighted by Gasteiger charge is -1.99. The number of halogens is 2. The first-order valence-electron chi connectivity index (χ1n) is 3.61. The predicted octanol–water partition coefficient (Wildman–Crippen LogP) is 2.73. The maximum atomic E-state index is 12.7. The summed E-state index contributed by atoms with van der Waals surface area (Å²) in [6.07, 6.45) is 0. The Labute approximate surface area is 78.6 Å². The number of benzene rings is 1. The van der Waals surface area contributed by atoms with Crippen LogP contribution in [0.25, 0.3) is 10.9 Å². The molecule has 1 aromatic carbocycles. The van der Waals surface area contributed by atoms with E-state index in [0.29, 0.717) is 10.9 Å². The summed E-state index contributed by atoms with van der Waals surface area (Å²) in [6.45, 7) is 0. The Morgan fingerprint density at radius 3 is 2.85 bits per heavy atom. The average molecular weight is 198 g/mol. The van der Waals surface area contributed by atoms with Gasteiger partial charge in [0, 0.05) is 11.5 Å². The average Bonchev–Trinajstić information content (AvgIpc) is 2.08. The van der Waals surface area contributed by atoms with Crippen LogP contribution in [-0.4, -0.2) is 10.1 Å². The summed E-state index contributed by atoms with van der Waals surface area (Å²) in [5, 5.41) is 9.84. The normalized spacial score (nSPS) is 10.6.